The first-order valence-corrected chi connectivity index (χ1v) is 11.6. The molecule has 0 fully saturated rings. The van der Waals surface area contributed by atoms with E-state index in [9.17, 15) is 36.6 Å². The Labute approximate surface area is 214 Å². The van der Waals surface area contributed by atoms with Gasteiger partial charge in [-0.25, -0.2) is 4.98 Å². The van der Waals surface area contributed by atoms with E-state index in [1.54, 1.807) is 23.6 Å². The number of aliphatic hydroxyl groups excluding tert-OH is 1. The summed E-state index contributed by atoms with van der Waals surface area (Å²) in [7, 11) is 0. The molecule has 1 aromatic heterocycles. The highest BCUT2D eigenvalue weighted by molar-refractivity contribution is 7.13. The van der Waals surface area contributed by atoms with Crippen LogP contribution in [-0.2, 0) is 12.4 Å². The van der Waals surface area contributed by atoms with Crippen LogP contribution in [0.25, 0.3) is 33.0 Å². The van der Waals surface area contributed by atoms with E-state index >= 15 is 0 Å². The normalized spacial score (nSPS) is 12.4. The van der Waals surface area contributed by atoms with Gasteiger partial charge in [0.05, 0.1) is 26.9 Å². The van der Waals surface area contributed by atoms with Gasteiger partial charge in [0.15, 0.2) is 6.29 Å². The van der Waals surface area contributed by atoms with Gasteiger partial charge in [0.1, 0.15) is 5.01 Å². The third-order valence-electron chi connectivity index (χ3n) is 5.24. The molecule has 36 heavy (non-hydrogen) atoms. The van der Waals surface area contributed by atoms with Crippen molar-refractivity contribution in [3.8, 4) is 33.0 Å². The molecule has 3 nitrogen and oxygen atoms in total. The molecule has 1 heterocycles. The van der Waals surface area contributed by atoms with Crippen molar-refractivity contribution in [3.05, 3.63) is 86.7 Å². The second-order valence-electron chi connectivity index (χ2n) is 7.60. The van der Waals surface area contributed by atoms with Crippen molar-refractivity contribution in [2.24, 2.45) is 0 Å². The highest BCUT2D eigenvalue weighted by Crippen LogP contribution is 2.43. The quantitative estimate of drug-likeness (QED) is 0.193. The molecule has 4 aromatic rings. The van der Waals surface area contributed by atoms with Crippen molar-refractivity contribution in [1.29, 1.82) is 0 Å². The van der Waals surface area contributed by atoms with Gasteiger partial charge in [0.25, 0.3) is 0 Å². The van der Waals surface area contributed by atoms with E-state index in [1.807, 2.05) is 0 Å². The molecule has 0 aliphatic carbocycles. The zero-order valence-electron chi connectivity index (χ0n) is 17.6. The standard InChI is InChI=1S/C24H13Cl2F6NO2S/c25-18-6-2-11(8-19(18)26)20-10-36-21(33-20)12-1-4-14(16(7-12)22(34)35)15-5-3-13(23(27,28)29)9-17(15)24(30,31)32/h1-10,22,34-35H. The summed E-state index contributed by atoms with van der Waals surface area (Å²) in [5.74, 6) is 0. The van der Waals surface area contributed by atoms with E-state index in [2.05, 4.69) is 4.98 Å². The zero-order valence-corrected chi connectivity index (χ0v) is 20.0. The number of rotatable bonds is 4. The Bertz CT molecular complexity index is 1430. The van der Waals surface area contributed by atoms with E-state index in [0.717, 1.165) is 0 Å². The lowest BCUT2D eigenvalue weighted by atomic mass is 9.92. The number of nitrogens with zero attached hydrogens (tertiary/aromatic N) is 1. The van der Waals surface area contributed by atoms with Crippen molar-refractivity contribution >= 4 is 34.5 Å². The highest BCUT2D eigenvalue weighted by Gasteiger charge is 2.38. The monoisotopic (exact) mass is 563 g/mol. The molecule has 0 spiro atoms. The minimum atomic E-state index is -5.13. The molecule has 0 saturated heterocycles. The van der Waals surface area contributed by atoms with E-state index in [1.165, 1.54) is 29.5 Å². The van der Waals surface area contributed by atoms with E-state index in [4.69, 9.17) is 23.2 Å². The number of hydrogen-bond donors (Lipinski definition) is 2. The van der Waals surface area contributed by atoms with Crippen LogP contribution in [0.2, 0.25) is 10.0 Å². The maximum Gasteiger partial charge on any atom is 0.417 e. The molecule has 0 aliphatic heterocycles. The second kappa shape index (κ2) is 9.68. The van der Waals surface area contributed by atoms with Gasteiger partial charge >= 0.3 is 12.4 Å². The summed E-state index contributed by atoms with van der Waals surface area (Å²) in [6.07, 6.45) is -12.3. The first-order valence-electron chi connectivity index (χ1n) is 9.96. The predicted octanol–water partition coefficient (Wildman–Crippen LogP) is 8.47. The Morgan fingerprint density at radius 2 is 1.42 bits per heavy atom. The Morgan fingerprint density at radius 3 is 2.03 bits per heavy atom. The van der Waals surface area contributed by atoms with Crippen LogP contribution in [0.3, 0.4) is 0 Å². The highest BCUT2D eigenvalue weighted by atomic mass is 35.5. The number of thiazole rings is 1. The van der Waals surface area contributed by atoms with Gasteiger partial charge in [-0.1, -0.05) is 47.5 Å². The van der Waals surface area contributed by atoms with Crippen LogP contribution >= 0.6 is 34.5 Å². The molecule has 0 atom stereocenters. The van der Waals surface area contributed by atoms with Crippen LogP contribution in [0.5, 0.6) is 0 Å². The van der Waals surface area contributed by atoms with Gasteiger partial charge in [-0.15, -0.1) is 11.3 Å². The van der Waals surface area contributed by atoms with Gasteiger partial charge < -0.3 is 10.2 Å². The number of aliphatic hydroxyl groups is 2. The van der Waals surface area contributed by atoms with Gasteiger partial charge in [-0.3, -0.25) is 0 Å². The molecule has 4 rings (SSSR count). The smallest absolute Gasteiger partial charge is 0.364 e. The summed E-state index contributed by atoms with van der Waals surface area (Å²) in [5.41, 5.74) is -2.71. The predicted molar refractivity (Wildman–Crippen MR) is 126 cm³/mol. The fourth-order valence-electron chi connectivity index (χ4n) is 3.54. The van der Waals surface area contributed by atoms with Gasteiger partial charge in [-0.2, -0.15) is 26.3 Å². The number of alkyl halides is 6. The van der Waals surface area contributed by atoms with Crippen molar-refractivity contribution < 1.29 is 36.6 Å². The molecule has 0 aliphatic rings. The molecule has 0 radical (unpaired) electrons. The Kier molecular flexibility index (Phi) is 7.11. The number of halogens is 8. The average Bonchev–Trinajstić information content (AvgIpc) is 3.29. The SMILES string of the molecule is OC(O)c1cc(-c2nc(-c3ccc(Cl)c(Cl)c3)cs2)ccc1-c1ccc(C(F)(F)F)cc1C(F)(F)F. The largest absolute Gasteiger partial charge is 0.417 e. The topological polar surface area (TPSA) is 53.4 Å². The number of hydrogen-bond acceptors (Lipinski definition) is 4. The van der Waals surface area contributed by atoms with E-state index < -0.39 is 35.3 Å². The molecule has 12 heteroatoms. The lowest BCUT2D eigenvalue weighted by Gasteiger charge is -2.19. The maximum absolute atomic E-state index is 13.7. The van der Waals surface area contributed by atoms with Crippen LogP contribution in [0.1, 0.15) is 23.0 Å². The summed E-state index contributed by atoms with van der Waals surface area (Å²) >= 11 is 13.2. The van der Waals surface area contributed by atoms with Crippen LogP contribution in [-0.4, -0.2) is 15.2 Å². The zero-order chi connectivity index (χ0) is 26.4. The molecule has 0 amide bonds. The lowest BCUT2D eigenvalue weighted by Crippen LogP contribution is -2.13. The first-order chi connectivity index (χ1) is 16.8. The summed E-state index contributed by atoms with van der Waals surface area (Å²) in [4.78, 5) is 4.47. The average molecular weight is 564 g/mol. The molecular formula is C24H13Cl2F6NO2S. The van der Waals surface area contributed by atoms with Crippen LogP contribution in [0.15, 0.2) is 60.0 Å². The van der Waals surface area contributed by atoms with Crippen LogP contribution in [0, 0.1) is 0 Å². The van der Waals surface area contributed by atoms with Crippen molar-refractivity contribution in [3.63, 3.8) is 0 Å². The number of aromatic nitrogens is 1. The van der Waals surface area contributed by atoms with Crippen molar-refractivity contribution in [2.45, 2.75) is 18.6 Å². The molecule has 0 saturated carbocycles. The second-order valence-corrected chi connectivity index (χ2v) is 9.27. The molecular weight excluding hydrogens is 551 g/mol. The molecule has 2 N–H and O–H groups in total. The van der Waals surface area contributed by atoms with Gasteiger partial charge in [0, 0.05) is 22.1 Å². The van der Waals surface area contributed by atoms with Crippen molar-refractivity contribution in [1.82, 2.24) is 4.98 Å². The van der Waals surface area contributed by atoms with E-state index in [-0.39, 0.29) is 17.2 Å². The molecule has 3 aromatic carbocycles. The Hall–Kier alpha value is -2.63. The van der Waals surface area contributed by atoms with E-state index in [0.29, 0.717) is 44.0 Å². The Balaban J connectivity index is 1.80. The van der Waals surface area contributed by atoms with Crippen LogP contribution < -0.4 is 0 Å². The number of benzene rings is 3. The summed E-state index contributed by atoms with van der Waals surface area (Å²) < 4.78 is 80.1. The third kappa shape index (κ3) is 5.37. The fourth-order valence-corrected chi connectivity index (χ4v) is 4.66. The fraction of sp³-hybridized carbons (Fsp3) is 0.125. The minimum Gasteiger partial charge on any atom is -0.364 e. The summed E-state index contributed by atoms with van der Waals surface area (Å²) in [6, 6.07) is 9.89. The van der Waals surface area contributed by atoms with Gasteiger partial charge in [0.2, 0.25) is 0 Å². The van der Waals surface area contributed by atoms with Crippen molar-refractivity contribution in [2.75, 3.05) is 0 Å². The van der Waals surface area contributed by atoms with Gasteiger partial charge in [-0.05, 0) is 41.5 Å². The molecule has 0 unspecified atom stereocenters. The summed E-state index contributed by atoms with van der Waals surface area (Å²) in [6.45, 7) is 0. The minimum absolute atomic E-state index is 0.00112. The summed E-state index contributed by atoms with van der Waals surface area (Å²) in [5, 5.41) is 22.6. The first kappa shape index (κ1) is 26.4. The molecule has 0 bridgehead atoms. The molecule has 188 valence electrons. The third-order valence-corrected chi connectivity index (χ3v) is 6.87. The maximum atomic E-state index is 13.7. The Morgan fingerprint density at radius 1 is 0.750 bits per heavy atom. The lowest BCUT2D eigenvalue weighted by molar-refractivity contribution is -0.142. The van der Waals surface area contributed by atoms with Crippen LogP contribution in [0.4, 0.5) is 26.3 Å².